The van der Waals surface area contributed by atoms with Gasteiger partial charge in [-0.05, 0) is 25.7 Å². The molecule has 4 heterocycles. The Balaban J connectivity index is 1.48. The molecule has 0 saturated carbocycles. The van der Waals surface area contributed by atoms with Crippen molar-refractivity contribution in [2.45, 2.75) is 19.8 Å². The van der Waals surface area contributed by atoms with Crippen LogP contribution in [0.3, 0.4) is 0 Å². The lowest BCUT2D eigenvalue weighted by Crippen LogP contribution is -2.47. The van der Waals surface area contributed by atoms with Gasteiger partial charge in [0.25, 0.3) is 5.91 Å². The number of rotatable bonds is 2. The van der Waals surface area contributed by atoms with Gasteiger partial charge >= 0.3 is 0 Å². The molecule has 0 bridgehead atoms. The Morgan fingerprint density at radius 3 is 2.91 bits per heavy atom. The van der Waals surface area contributed by atoms with E-state index in [1.807, 2.05) is 6.92 Å². The number of anilines is 1. The van der Waals surface area contributed by atoms with Crippen molar-refractivity contribution in [2.24, 2.45) is 17.8 Å². The zero-order chi connectivity index (χ0) is 15.8. The molecule has 3 atom stereocenters. The van der Waals surface area contributed by atoms with Gasteiger partial charge in [0.1, 0.15) is 5.01 Å². The van der Waals surface area contributed by atoms with Crippen LogP contribution in [0.15, 0.2) is 0 Å². The van der Waals surface area contributed by atoms with E-state index in [0.717, 1.165) is 42.7 Å². The van der Waals surface area contributed by atoms with Gasteiger partial charge in [-0.25, -0.2) is 5.06 Å². The third-order valence-electron chi connectivity index (χ3n) is 4.99. The Labute approximate surface area is 139 Å². The molecule has 3 saturated heterocycles. The standard InChI is InChI=1S/C15H22N4O3S/c1-10-16-17-15(23-10)18-6-11-8-21-9-13(12(11)7-18)14(20)19-4-2-3-5-22-19/h11-13H,2-9H2,1H3/t11-,12-,13-/m1/s1. The molecule has 3 aliphatic rings. The summed E-state index contributed by atoms with van der Waals surface area (Å²) >= 11 is 1.61. The Morgan fingerprint density at radius 2 is 2.17 bits per heavy atom. The second-order valence-corrected chi connectivity index (χ2v) is 7.72. The van der Waals surface area contributed by atoms with Gasteiger partial charge in [-0.2, -0.15) is 0 Å². The lowest BCUT2D eigenvalue weighted by molar-refractivity contribution is -0.207. The summed E-state index contributed by atoms with van der Waals surface area (Å²) in [4.78, 5) is 20.6. The molecule has 3 fully saturated rings. The van der Waals surface area contributed by atoms with E-state index >= 15 is 0 Å². The number of carbonyl (C=O) groups is 1. The zero-order valence-electron chi connectivity index (χ0n) is 13.3. The quantitative estimate of drug-likeness (QED) is 0.804. The number of hydrogen-bond donors (Lipinski definition) is 0. The molecule has 0 spiro atoms. The summed E-state index contributed by atoms with van der Waals surface area (Å²) in [7, 11) is 0. The highest BCUT2D eigenvalue weighted by Crippen LogP contribution is 2.38. The number of hydrogen-bond acceptors (Lipinski definition) is 7. The number of carbonyl (C=O) groups excluding carboxylic acids is 1. The van der Waals surface area contributed by atoms with Crippen molar-refractivity contribution >= 4 is 22.4 Å². The topological polar surface area (TPSA) is 67.8 Å². The second kappa shape index (κ2) is 6.33. The lowest BCUT2D eigenvalue weighted by Gasteiger charge is -2.36. The van der Waals surface area contributed by atoms with E-state index in [1.54, 1.807) is 16.4 Å². The molecule has 7 nitrogen and oxygen atoms in total. The van der Waals surface area contributed by atoms with Crippen LogP contribution in [0, 0.1) is 24.7 Å². The normalized spacial score (nSPS) is 31.3. The van der Waals surface area contributed by atoms with Crippen LogP contribution in [0.25, 0.3) is 0 Å². The minimum absolute atomic E-state index is 0.0923. The smallest absolute Gasteiger partial charge is 0.251 e. The molecule has 0 aliphatic carbocycles. The highest BCUT2D eigenvalue weighted by Gasteiger charge is 2.46. The molecule has 0 aromatic carbocycles. The molecular weight excluding hydrogens is 316 g/mol. The summed E-state index contributed by atoms with van der Waals surface area (Å²) < 4.78 is 5.74. The third-order valence-corrected chi connectivity index (χ3v) is 5.89. The average Bonchev–Trinajstić information content (AvgIpc) is 3.20. The van der Waals surface area contributed by atoms with Gasteiger partial charge in [0.15, 0.2) is 0 Å². The van der Waals surface area contributed by atoms with Crippen molar-refractivity contribution in [3.63, 3.8) is 0 Å². The van der Waals surface area contributed by atoms with Crippen molar-refractivity contribution in [2.75, 3.05) is 44.4 Å². The van der Waals surface area contributed by atoms with Gasteiger partial charge in [0, 0.05) is 25.6 Å². The molecule has 0 N–H and O–H groups in total. The predicted molar refractivity (Wildman–Crippen MR) is 85.0 cm³/mol. The first-order valence-electron chi connectivity index (χ1n) is 8.29. The number of aromatic nitrogens is 2. The molecule has 1 amide bonds. The van der Waals surface area contributed by atoms with Gasteiger partial charge < -0.3 is 9.64 Å². The molecular formula is C15H22N4O3S. The molecule has 0 unspecified atom stereocenters. The minimum atomic E-state index is -0.106. The molecule has 0 radical (unpaired) electrons. The van der Waals surface area contributed by atoms with Crippen molar-refractivity contribution in [1.82, 2.24) is 15.3 Å². The van der Waals surface area contributed by atoms with Gasteiger partial charge in [-0.3, -0.25) is 9.63 Å². The number of amides is 1. The highest BCUT2D eigenvalue weighted by atomic mass is 32.1. The zero-order valence-corrected chi connectivity index (χ0v) is 14.1. The lowest BCUT2D eigenvalue weighted by atomic mass is 9.82. The number of aryl methyl sites for hydroxylation is 1. The van der Waals surface area contributed by atoms with Crippen LogP contribution in [-0.4, -0.2) is 60.6 Å². The Bertz CT molecular complexity index is 575. The average molecular weight is 338 g/mol. The molecule has 126 valence electrons. The van der Waals surface area contributed by atoms with E-state index in [9.17, 15) is 4.79 Å². The van der Waals surface area contributed by atoms with Crippen molar-refractivity contribution in [1.29, 1.82) is 0 Å². The van der Waals surface area contributed by atoms with Crippen LogP contribution >= 0.6 is 11.3 Å². The molecule has 23 heavy (non-hydrogen) atoms. The third kappa shape index (κ3) is 2.95. The summed E-state index contributed by atoms with van der Waals surface area (Å²) in [6.45, 7) is 6.28. The number of ether oxygens (including phenoxy) is 1. The van der Waals surface area contributed by atoms with Gasteiger partial charge in [0.2, 0.25) is 5.13 Å². The fraction of sp³-hybridized carbons (Fsp3) is 0.800. The summed E-state index contributed by atoms with van der Waals surface area (Å²) in [6.07, 6.45) is 2.05. The van der Waals surface area contributed by atoms with E-state index in [1.165, 1.54) is 0 Å². The van der Waals surface area contributed by atoms with E-state index < -0.39 is 0 Å². The molecule has 3 aliphatic heterocycles. The predicted octanol–water partition coefficient (Wildman–Crippen LogP) is 1.10. The Hall–Kier alpha value is -1.25. The van der Waals surface area contributed by atoms with E-state index in [-0.39, 0.29) is 11.8 Å². The second-order valence-electron chi connectivity index (χ2n) is 6.56. The van der Waals surface area contributed by atoms with Crippen LogP contribution in [0.2, 0.25) is 0 Å². The highest BCUT2D eigenvalue weighted by molar-refractivity contribution is 7.15. The van der Waals surface area contributed by atoms with Gasteiger partial charge in [-0.1, -0.05) is 11.3 Å². The van der Waals surface area contributed by atoms with Gasteiger partial charge in [0.05, 0.1) is 25.7 Å². The van der Waals surface area contributed by atoms with Crippen LogP contribution in [-0.2, 0) is 14.4 Å². The fourth-order valence-electron chi connectivity index (χ4n) is 3.78. The Morgan fingerprint density at radius 1 is 1.26 bits per heavy atom. The largest absolute Gasteiger partial charge is 0.380 e. The van der Waals surface area contributed by atoms with E-state index in [0.29, 0.717) is 31.6 Å². The maximum atomic E-state index is 12.8. The van der Waals surface area contributed by atoms with Crippen molar-refractivity contribution in [3.05, 3.63) is 5.01 Å². The summed E-state index contributed by atoms with van der Waals surface area (Å²) in [5, 5.41) is 11.9. The first-order valence-corrected chi connectivity index (χ1v) is 9.11. The minimum Gasteiger partial charge on any atom is -0.380 e. The maximum absolute atomic E-state index is 12.8. The molecule has 1 aromatic rings. The summed E-state index contributed by atoms with van der Waals surface area (Å²) in [6, 6.07) is 0. The monoisotopic (exact) mass is 338 g/mol. The number of fused-ring (bicyclic) bond motifs is 1. The first-order chi connectivity index (χ1) is 11.2. The number of hydroxylamine groups is 2. The molecule has 8 heteroatoms. The van der Waals surface area contributed by atoms with E-state index in [4.69, 9.17) is 9.57 Å². The number of nitrogens with zero attached hydrogens (tertiary/aromatic N) is 4. The summed E-state index contributed by atoms with van der Waals surface area (Å²) in [5.41, 5.74) is 0. The molecule has 4 rings (SSSR count). The Kier molecular flexibility index (Phi) is 4.21. The van der Waals surface area contributed by atoms with Crippen molar-refractivity contribution < 1.29 is 14.4 Å². The van der Waals surface area contributed by atoms with Gasteiger partial charge in [-0.15, -0.1) is 10.2 Å². The SMILES string of the molecule is Cc1nnc(N2C[C@@H]3COC[C@@H](C(=O)N4CCCCO4)[C@@H]3C2)s1. The first kappa shape index (κ1) is 15.3. The van der Waals surface area contributed by atoms with E-state index in [2.05, 4.69) is 15.1 Å². The van der Waals surface area contributed by atoms with Crippen LogP contribution in [0.5, 0.6) is 0 Å². The summed E-state index contributed by atoms with van der Waals surface area (Å²) in [5.74, 6) is 0.679. The fourth-order valence-corrected chi connectivity index (χ4v) is 4.48. The maximum Gasteiger partial charge on any atom is 0.251 e. The van der Waals surface area contributed by atoms with Crippen LogP contribution < -0.4 is 4.90 Å². The van der Waals surface area contributed by atoms with Crippen LogP contribution in [0.4, 0.5) is 5.13 Å². The molecule has 1 aromatic heterocycles. The van der Waals surface area contributed by atoms with Crippen molar-refractivity contribution in [3.8, 4) is 0 Å². The van der Waals surface area contributed by atoms with Crippen LogP contribution in [0.1, 0.15) is 17.8 Å².